The molecule has 1 heterocycles. The molecular weight excluding hydrogens is 317 g/mol. The molecule has 1 atom stereocenters. The quantitative estimate of drug-likeness (QED) is 0.836. The standard InChI is InChI=1S/C11H13F3N2O2S.ClH/c1-7-6-16(5-4-15-7)19(17,18)9-3-2-8(12)10(13)11(9)14;/h2-3,7,15H,4-6H2,1H3;1H. The summed E-state index contributed by atoms with van der Waals surface area (Å²) in [5, 5.41) is 3.04. The van der Waals surface area contributed by atoms with Crippen LogP contribution in [0.2, 0.25) is 0 Å². The van der Waals surface area contributed by atoms with E-state index in [0.717, 1.165) is 10.4 Å². The number of rotatable bonds is 2. The maximum Gasteiger partial charge on any atom is 0.246 e. The summed E-state index contributed by atoms with van der Waals surface area (Å²) in [6, 6.07) is 1.27. The first kappa shape index (κ1) is 17.2. The Balaban J connectivity index is 0.00000200. The molecule has 0 bridgehead atoms. The second-order valence-electron chi connectivity index (χ2n) is 4.39. The van der Waals surface area contributed by atoms with Crippen LogP contribution in [0.15, 0.2) is 17.0 Å². The van der Waals surface area contributed by atoms with Gasteiger partial charge in [-0.05, 0) is 19.1 Å². The molecule has 1 fully saturated rings. The summed E-state index contributed by atoms with van der Waals surface area (Å²) in [6.07, 6.45) is 0. The number of nitrogens with zero attached hydrogens (tertiary/aromatic N) is 1. The first-order valence-corrected chi connectivity index (χ1v) is 7.15. The molecule has 1 unspecified atom stereocenters. The van der Waals surface area contributed by atoms with Gasteiger partial charge in [-0.1, -0.05) is 0 Å². The minimum absolute atomic E-state index is 0. The number of halogens is 4. The fourth-order valence-corrected chi connectivity index (χ4v) is 3.55. The van der Waals surface area contributed by atoms with Gasteiger partial charge in [-0.25, -0.2) is 21.6 Å². The van der Waals surface area contributed by atoms with Crippen LogP contribution in [0.4, 0.5) is 13.2 Å². The van der Waals surface area contributed by atoms with Crippen molar-refractivity contribution in [3.63, 3.8) is 0 Å². The van der Waals surface area contributed by atoms with Gasteiger partial charge in [0.2, 0.25) is 10.0 Å². The molecule has 0 spiro atoms. The topological polar surface area (TPSA) is 49.4 Å². The molecule has 0 amide bonds. The van der Waals surface area contributed by atoms with Crippen molar-refractivity contribution < 1.29 is 21.6 Å². The molecule has 1 N–H and O–H groups in total. The molecule has 0 aromatic heterocycles. The Morgan fingerprint density at radius 2 is 1.90 bits per heavy atom. The number of hydrogen-bond acceptors (Lipinski definition) is 3. The van der Waals surface area contributed by atoms with Crippen LogP contribution in [0, 0.1) is 17.5 Å². The zero-order valence-corrected chi connectivity index (χ0v) is 12.2. The molecule has 1 aromatic carbocycles. The lowest BCUT2D eigenvalue weighted by Crippen LogP contribution is -2.51. The highest BCUT2D eigenvalue weighted by Gasteiger charge is 2.32. The zero-order valence-electron chi connectivity index (χ0n) is 10.6. The molecule has 1 aliphatic heterocycles. The summed E-state index contributed by atoms with van der Waals surface area (Å²) < 4.78 is 64.9. The van der Waals surface area contributed by atoms with Crippen LogP contribution < -0.4 is 5.32 Å². The number of benzene rings is 1. The summed E-state index contributed by atoms with van der Waals surface area (Å²) in [4.78, 5) is -0.833. The molecule has 114 valence electrons. The van der Waals surface area contributed by atoms with Crippen LogP contribution in [-0.2, 0) is 10.0 Å². The van der Waals surface area contributed by atoms with E-state index in [9.17, 15) is 21.6 Å². The lowest BCUT2D eigenvalue weighted by molar-refractivity contribution is 0.308. The monoisotopic (exact) mass is 330 g/mol. The predicted octanol–water partition coefficient (Wildman–Crippen LogP) is 1.51. The second-order valence-corrected chi connectivity index (χ2v) is 6.30. The van der Waals surface area contributed by atoms with Gasteiger partial charge in [0, 0.05) is 25.7 Å². The highest BCUT2D eigenvalue weighted by Crippen LogP contribution is 2.23. The molecule has 1 aromatic rings. The van der Waals surface area contributed by atoms with Gasteiger partial charge in [0.05, 0.1) is 0 Å². The number of nitrogens with one attached hydrogen (secondary N) is 1. The van der Waals surface area contributed by atoms with Gasteiger partial charge < -0.3 is 5.32 Å². The Morgan fingerprint density at radius 3 is 2.50 bits per heavy atom. The van der Waals surface area contributed by atoms with Gasteiger partial charge >= 0.3 is 0 Å². The second kappa shape index (κ2) is 6.30. The van der Waals surface area contributed by atoms with Crippen molar-refractivity contribution in [2.75, 3.05) is 19.6 Å². The largest absolute Gasteiger partial charge is 0.312 e. The van der Waals surface area contributed by atoms with E-state index in [1.165, 1.54) is 0 Å². The summed E-state index contributed by atoms with van der Waals surface area (Å²) in [5.74, 6) is -4.86. The van der Waals surface area contributed by atoms with Crippen molar-refractivity contribution in [2.24, 2.45) is 0 Å². The molecule has 0 saturated carbocycles. The Labute approximate surface area is 121 Å². The third kappa shape index (κ3) is 3.08. The number of sulfonamides is 1. The number of piperazine rings is 1. The summed E-state index contributed by atoms with van der Waals surface area (Å²) in [6.45, 7) is 2.51. The van der Waals surface area contributed by atoms with Crippen LogP contribution in [-0.4, -0.2) is 38.4 Å². The molecule has 1 aliphatic rings. The highest BCUT2D eigenvalue weighted by atomic mass is 35.5. The Hall–Kier alpha value is -0.830. The molecule has 9 heteroatoms. The first-order chi connectivity index (χ1) is 8.84. The minimum atomic E-state index is -4.15. The van der Waals surface area contributed by atoms with Gasteiger partial charge in [0.1, 0.15) is 4.90 Å². The lowest BCUT2D eigenvalue weighted by atomic mass is 10.3. The summed E-state index contributed by atoms with van der Waals surface area (Å²) in [7, 11) is -4.15. The molecule has 4 nitrogen and oxygen atoms in total. The van der Waals surface area contributed by atoms with Crippen molar-refractivity contribution in [3.05, 3.63) is 29.6 Å². The normalized spacial score (nSPS) is 20.5. The maximum atomic E-state index is 13.6. The molecule has 2 rings (SSSR count). The fourth-order valence-electron chi connectivity index (χ4n) is 1.96. The van der Waals surface area contributed by atoms with Crippen LogP contribution in [0.25, 0.3) is 0 Å². The Bertz CT molecular complexity index is 598. The third-order valence-electron chi connectivity index (χ3n) is 2.95. The van der Waals surface area contributed by atoms with Crippen LogP contribution >= 0.6 is 12.4 Å². The van der Waals surface area contributed by atoms with E-state index in [1.807, 2.05) is 0 Å². The Morgan fingerprint density at radius 1 is 1.25 bits per heavy atom. The Kier molecular flexibility index (Phi) is 5.42. The van der Waals surface area contributed by atoms with E-state index in [1.54, 1.807) is 6.92 Å². The average molecular weight is 331 g/mol. The van der Waals surface area contributed by atoms with E-state index in [4.69, 9.17) is 0 Å². The van der Waals surface area contributed by atoms with Crippen molar-refractivity contribution in [1.29, 1.82) is 0 Å². The first-order valence-electron chi connectivity index (χ1n) is 5.71. The van der Waals surface area contributed by atoms with E-state index in [2.05, 4.69) is 5.32 Å². The van der Waals surface area contributed by atoms with Crippen molar-refractivity contribution >= 4 is 22.4 Å². The number of hydrogen-bond donors (Lipinski definition) is 1. The van der Waals surface area contributed by atoms with Crippen LogP contribution in [0.3, 0.4) is 0 Å². The lowest BCUT2D eigenvalue weighted by Gasteiger charge is -2.31. The molecule has 0 radical (unpaired) electrons. The average Bonchev–Trinajstić information content (AvgIpc) is 2.36. The van der Waals surface area contributed by atoms with Crippen LogP contribution in [0.1, 0.15) is 6.92 Å². The molecule has 20 heavy (non-hydrogen) atoms. The fraction of sp³-hybridized carbons (Fsp3) is 0.455. The van der Waals surface area contributed by atoms with Gasteiger partial charge in [0.25, 0.3) is 0 Å². The van der Waals surface area contributed by atoms with E-state index in [0.29, 0.717) is 12.6 Å². The van der Waals surface area contributed by atoms with Crippen molar-refractivity contribution in [3.8, 4) is 0 Å². The van der Waals surface area contributed by atoms with E-state index >= 15 is 0 Å². The van der Waals surface area contributed by atoms with Crippen LogP contribution in [0.5, 0.6) is 0 Å². The highest BCUT2D eigenvalue weighted by molar-refractivity contribution is 7.89. The van der Waals surface area contributed by atoms with Gasteiger partial charge in [0.15, 0.2) is 17.5 Å². The zero-order chi connectivity index (χ0) is 14.2. The molecular formula is C11H14ClF3N2O2S. The maximum absolute atomic E-state index is 13.6. The summed E-state index contributed by atoms with van der Waals surface area (Å²) in [5.41, 5.74) is 0. The SMILES string of the molecule is CC1CN(S(=O)(=O)c2ccc(F)c(F)c2F)CCN1.Cl. The van der Waals surface area contributed by atoms with Gasteiger partial charge in [-0.2, -0.15) is 4.31 Å². The molecule has 0 aliphatic carbocycles. The van der Waals surface area contributed by atoms with E-state index < -0.39 is 32.4 Å². The predicted molar refractivity (Wildman–Crippen MR) is 69.8 cm³/mol. The van der Waals surface area contributed by atoms with Gasteiger partial charge in [-0.3, -0.25) is 0 Å². The van der Waals surface area contributed by atoms with E-state index in [-0.39, 0.29) is 31.5 Å². The summed E-state index contributed by atoms with van der Waals surface area (Å²) >= 11 is 0. The molecule has 1 saturated heterocycles. The smallest absolute Gasteiger partial charge is 0.246 e. The van der Waals surface area contributed by atoms with Crippen molar-refractivity contribution in [1.82, 2.24) is 9.62 Å². The third-order valence-corrected chi connectivity index (χ3v) is 4.83. The van der Waals surface area contributed by atoms with Crippen molar-refractivity contribution in [2.45, 2.75) is 17.9 Å². The minimum Gasteiger partial charge on any atom is -0.312 e. The van der Waals surface area contributed by atoms with Gasteiger partial charge in [-0.15, -0.1) is 12.4 Å².